The van der Waals surface area contributed by atoms with Gasteiger partial charge in [-0.15, -0.1) is 5.10 Å². The largest absolute Gasteiger partial charge is 0.497 e. The van der Waals surface area contributed by atoms with Crippen LogP contribution < -0.4 is 20.3 Å². The van der Waals surface area contributed by atoms with Crippen LogP contribution in [0.3, 0.4) is 0 Å². The summed E-state index contributed by atoms with van der Waals surface area (Å²) in [6.07, 6.45) is 1.43. The lowest BCUT2D eigenvalue weighted by molar-refractivity contribution is 0.0290. The quantitative estimate of drug-likeness (QED) is 0.356. The van der Waals surface area contributed by atoms with Crippen molar-refractivity contribution in [3.05, 3.63) is 77.2 Å². The molecule has 0 bridgehead atoms. The molecular weight excluding hydrogens is 460 g/mol. The minimum Gasteiger partial charge on any atom is -0.497 e. The summed E-state index contributed by atoms with van der Waals surface area (Å²) >= 11 is 0. The molecule has 0 amide bonds. The summed E-state index contributed by atoms with van der Waals surface area (Å²) in [4.78, 5) is 25.9. The fourth-order valence-corrected chi connectivity index (χ4v) is 3.59. The molecule has 2 N–H and O–H groups in total. The number of ether oxygens (including phenoxy) is 2. The zero-order valence-corrected chi connectivity index (χ0v) is 20.0. The molecule has 0 aliphatic rings. The van der Waals surface area contributed by atoms with Gasteiger partial charge in [0.1, 0.15) is 29.3 Å². The topological polar surface area (TPSA) is 124 Å². The van der Waals surface area contributed by atoms with E-state index in [-0.39, 0.29) is 18.2 Å². The molecule has 0 radical (unpaired) electrons. The molecule has 2 aromatic carbocycles. The van der Waals surface area contributed by atoms with E-state index in [9.17, 15) is 9.90 Å². The number of nitrogens with zero attached hydrogens (tertiary/aromatic N) is 5. The van der Waals surface area contributed by atoms with E-state index in [1.54, 1.807) is 49.7 Å². The van der Waals surface area contributed by atoms with E-state index in [2.05, 4.69) is 15.4 Å². The summed E-state index contributed by atoms with van der Waals surface area (Å²) in [6.45, 7) is 3.39. The fraction of sp³-hybridized carbons (Fsp3) is 0.192. The number of hydrogen-bond donors (Lipinski definition) is 2. The molecule has 10 nitrogen and oxygen atoms in total. The van der Waals surface area contributed by atoms with Gasteiger partial charge in [-0.3, -0.25) is 4.79 Å². The number of anilines is 2. The Morgan fingerprint density at radius 2 is 1.83 bits per heavy atom. The predicted octanol–water partition coefficient (Wildman–Crippen LogP) is 3.60. The monoisotopic (exact) mass is 484 g/mol. The number of nitrogens with one attached hydrogen (secondary N) is 1. The zero-order valence-electron chi connectivity index (χ0n) is 20.0. The third-order valence-corrected chi connectivity index (χ3v) is 5.32. The van der Waals surface area contributed by atoms with Gasteiger partial charge >= 0.3 is 0 Å². The summed E-state index contributed by atoms with van der Waals surface area (Å²) in [7, 11) is 1.61. The Hall–Kier alpha value is -4.57. The van der Waals surface area contributed by atoms with E-state index in [0.29, 0.717) is 28.1 Å². The van der Waals surface area contributed by atoms with Crippen molar-refractivity contribution >= 4 is 28.2 Å². The van der Waals surface area contributed by atoms with E-state index in [1.807, 2.05) is 36.4 Å². The van der Waals surface area contributed by atoms with Gasteiger partial charge in [-0.2, -0.15) is 4.52 Å². The van der Waals surface area contributed by atoms with Crippen molar-refractivity contribution in [2.45, 2.75) is 19.4 Å². The van der Waals surface area contributed by atoms with Crippen molar-refractivity contribution in [3.8, 4) is 22.9 Å². The second-order valence-electron chi connectivity index (χ2n) is 8.76. The van der Waals surface area contributed by atoms with E-state index in [4.69, 9.17) is 19.4 Å². The first-order valence-electron chi connectivity index (χ1n) is 11.2. The minimum atomic E-state index is -1.04. The summed E-state index contributed by atoms with van der Waals surface area (Å²) < 4.78 is 12.7. The number of aliphatic hydroxyl groups is 1. The second-order valence-corrected chi connectivity index (χ2v) is 8.76. The Balaban J connectivity index is 1.72. The first kappa shape index (κ1) is 23.2. The smallest absolute Gasteiger partial charge is 0.293 e. The number of hydrogen-bond acceptors (Lipinski definition) is 9. The molecule has 0 saturated carbocycles. The highest BCUT2D eigenvalue weighted by Crippen LogP contribution is 2.31. The third-order valence-electron chi connectivity index (χ3n) is 5.32. The van der Waals surface area contributed by atoms with Crippen LogP contribution in [0.15, 0.2) is 71.7 Å². The van der Waals surface area contributed by atoms with Crippen molar-refractivity contribution in [1.29, 1.82) is 0 Å². The highest BCUT2D eigenvalue weighted by Gasteiger charge is 2.20. The molecule has 5 rings (SSSR count). The van der Waals surface area contributed by atoms with Gasteiger partial charge in [0.25, 0.3) is 5.56 Å². The Morgan fingerprint density at radius 1 is 1.03 bits per heavy atom. The maximum atomic E-state index is 12.5. The predicted molar refractivity (Wildman–Crippen MR) is 136 cm³/mol. The van der Waals surface area contributed by atoms with Crippen LogP contribution in [0, 0.1) is 0 Å². The number of fused-ring (bicyclic) bond motifs is 3. The second kappa shape index (κ2) is 9.23. The normalized spacial score (nSPS) is 11.6. The first-order valence-corrected chi connectivity index (χ1v) is 11.2. The Kier molecular flexibility index (Phi) is 5.95. The molecule has 3 heterocycles. The number of aromatic nitrogens is 5. The average Bonchev–Trinajstić information content (AvgIpc) is 3.22. The van der Waals surface area contributed by atoms with Gasteiger partial charge in [0, 0.05) is 17.1 Å². The molecule has 36 heavy (non-hydrogen) atoms. The highest BCUT2D eigenvalue weighted by atomic mass is 16.5. The third kappa shape index (κ3) is 4.66. The van der Waals surface area contributed by atoms with Crippen LogP contribution in [-0.4, -0.2) is 49.0 Å². The summed E-state index contributed by atoms with van der Waals surface area (Å²) in [5.41, 5.74) is 0.548. The van der Waals surface area contributed by atoms with Crippen molar-refractivity contribution in [3.63, 3.8) is 0 Å². The van der Waals surface area contributed by atoms with Crippen LogP contribution in [0.5, 0.6) is 11.5 Å². The molecule has 3 aromatic heterocycles. The van der Waals surface area contributed by atoms with Crippen LogP contribution in [0.4, 0.5) is 11.6 Å². The Labute approximate surface area is 206 Å². The van der Waals surface area contributed by atoms with Gasteiger partial charge in [0.2, 0.25) is 5.95 Å². The molecule has 0 saturated heterocycles. The van der Waals surface area contributed by atoms with Gasteiger partial charge in [0.05, 0.1) is 12.7 Å². The van der Waals surface area contributed by atoms with Gasteiger partial charge in [-0.25, -0.2) is 15.0 Å². The Morgan fingerprint density at radius 3 is 2.58 bits per heavy atom. The maximum Gasteiger partial charge on any atom is 0.293 e. The van der Waals surface area contributed by atoms with Crippen molar-refractivity contribution in [2.75, 3.05) is 19.0 Å². The fourth-order valence-electron chi connectivity index (χ4n) is 3.59. The van der Waals surface area contributed by atoms with Crippen LogP contribution >= 0.6 is 0 Å². The molecule has 5 aromatic rings. The lowest BCUT2D eigenvalue weighted by Gasteiger charge is -2.18. The maximum absolute atomic E-state index is 12.5. The molecule has 10 heteroatoms. The summed E-state index contributed by atoms with van der Waals surface area (Å²) in [5.74, 6) is 1.91. The molecular formula is C26H24N6O4. The van der Waals surface area contributed by atoms with Gasteiger partial charge in [-0.05, 0) is 62.4 Å². The number of para-hydroxylation sites is 1. The Bertz CT molecular complexity index is 1610. The molecule has 0 aliphatic carbocycles. The van der Waals surface area contributed by atoms with Crippen LogP contribution in [-0.2, 0) is 0 Å². The number of rotatable bonds is 7. The van der Waals surface area contributed by atoms with E-state index in [0.717, 1.165) is 11.3 Å². The van der Waals surface area contributed by atoms with E-state index >= 15 is 0 Å². The number of methoxy groups -OCH3 is 1. The molecule has 0 unspecified atom stereocenters. The standard InChI is InChI=1S/C26H24N6O4/c1-26(2,34)15-36-20-9-6-7-18-21(20)29-25(28-19-8-4-5-14-27-24(19)33)32-23(18)30-22(31-32)16-10-12-17(35-3)13-11-16/h4-14,34H,15H2,1-3H3,(H,27,28,29,33). The molecule has 182 valence electrons. The van der Waals surface area contributed by atoms with E-state index in [1.165, 1.54) is 6.20 Å². The highest BCUT2D eigenvalue weighted by molar-refractivity contribution is 5.96. The van der Waals surface area contributed by atoms with Gasteiger partial charge in [0.15, 0.2) is 11.5 Å². The molecule has 0 fully saturated rings. The van der Waals surface area contributed by atoms with Gasteiger partial charge in [-0.1, -0.05) is 12.1 Å². The van der Waals surface area contributed by atoms with Crippen molar-refractivity contribution < 1.29 is 14.6 Å². The molecule has 0 atom stereocenters. The summed E-state index contributed by atoms with van der Waals surface area (Å²) in [5, 5.41) is 18.6. The van der Waals surface area contributed by atoms with Crippen molar-refractivity contribution in [2.24, 2.45) is 0 Å². The summed E-state index contributed by atoms with van der Waals surface area (Å²) in [6, 6.07) is 17.8. The van der Waals surface area contributed by atoms with Crippen LogP contribution in [0.2, 0.25) is 0 Å². The molecule has 0 spiro atoms. The molecule has 0 aliphatic heterocycles. The lowest BCUT2D eigenvalue weighted by atomic mass is 10.1. The average molecular weight is 485 g/mol. The SMILES string of the molecule is COc1ccc(-c2nc3c4cccc(OCC(C)(C)O)c4nc(Nc4ccccnc4=O)n3n2)cc1. The van der Waals surface area contributed by atoms with E-state index < -0.39 is 11.2 Å². The minimum absolute atomic E-state index is 0.0642. The zero-order chi connectivity index (χ0) is 25.3. The lowest BCUT2D eigenvalue weighted by Crippen LogP contribution is -2.28. The first-order chi connectivity index (χ1) is 17.3. The van der Waals surface area contributed by atoms with Crippen LogP contribution in [0.25, 0.3) is 27.9 Å². The van der Waals surface area contributed by atoms with Crippen LogP contribution in [0.1, 0.15) is 13.8 Å². The van der Waals surface area contributed by atoms with Crippen molar-refractivity contribution in [1.82, 2.24) is 24.6 Å². The number of benzene rings is 2. The van der Waals surface area contributed by atoms with Gasteiger partial charge < -0.3 is 19.9 Å².